The highest BCUT2D eigenvalue weighted by molar-refractivity contribution is 7.13. The number of aromatic nitrogens is 5. The number of hydrogen-bond acceptors (Lipinski definition) is 5. The van der Waals surface area contributed by atoms with Crippen LogP contribution >= 0.6 is 11.3 Å². The first-order valence-corrected chi connectivity index (χ1v) is 12.5. The minimum Gasteiger partial charge on any atom is -0.358 e. The van der Waals surface area contributed by atoms with Crippen molar-refractivity contribution in [3.8, 4) is 33.0 Å². The average molecular weight is 475 g/mol. The van der Waals surface area contributed by atoms with Gasteiger partial charge in [0.1, 0.15) is 0 Å². The lowest BCUT2D eigenvalue weighted by Gasteiger charge is -2.09. The molecule has 0 bridgehead atoms. The molecular formula is C28H22N6S. The zero-order chi connectivity index (χ0) is 23.4. The van der Waals surface area contributed by atoms with Crippen LogP contribution in [0.1, 0.15) is 12.8 Å². The molecule has 1 aliphatic rings. The minimum absolute atomic E-state index is 0.585. The Morgan fingerprint density at radius 3 is 2.77 bits per heavy atom. The summed E-state index contributed by atoms with van der Waals surface area (Å²) < 4.78 is 0. The molecule has 1 aromatic carbocycles. The van der Waals surface area contributed by atoms with Crippen LogP contribution in [0.5, 0.6) is 0 Å². The summed E-state index contributed by atoms with van der Waals surface area (Å²) >= 11 is 1.75. The first-order chi connectivity index (χ1) is 17.2. The van der Waals surface area contributed by atoms with Gasteiger partial charge in [-0.1, -0.05) is 24.8 Å². The quantitative estimate of drug-likeness (QED) is 0.238. The fourth-order valence-electron chi connectivity index (χ4n) is 4.58. The van der Waals surface area contributed by atoms with Gasteiger partial charge in [-0.05, 0) is 54.5 Å². The number of allylic oxidation sites excluding steroid dienone is 1. The summed E-state index contributed by atoms with van der Waals surface area (Å²) in [6, 6.07) is 17.0. The molecule has 7 rings (SSSR count). The van der Waals surface area contributed by atoms with Crippen molar-refractivity contribution < 1.29 is 0 Å². The van der Waals surface area contributed by atoms with Gasteiger partial charge >= 0.3 is 0 Å². The van der Waals surface area contributed by atoms with Crippen LogP contribution in [0.3, 0.4) is 0 Å². The maximum absolute atomic E-state index is 4.62. The second-order valence-electron chi connectivity index (χ2n) is 9.01. The molecule has 170 valence electrons. The van der Waals surface area contributed by atoms with Crippen LogP contribution in [0.15, 0.2) is 84.8 Å². The van der Waals surface area contributed by atoms with Gasteiger partial charge in [-0.3, -0.25) is 10.1 Å². The highest BCUT2D eigenvalue weighted by Gasteiger charge is 2.24. The number of H-pyrrole nitrogens is 2. The fourth-order valence-corrected chi connectivity index (χ4v) is 5.35. The monoisotopic (exact) mass is 474 g/mol. The molecule has 0 unspecified atom stereocenters. The van der Waals surface area contributed by atoms with Gasteiger partial charge in [-0.15, -0.1) is 11.3 Å². The number of nitrogens with one attached hydrogen (secondary N) is 3. The second kappa shape index (κ2) is 7.92. The normalized spacial score (nSPS) is 13.5. The van der Waals surface area contributed by atoms with Gasteiger partial charge in [-0.2, -0.15) is 5.10 Å². The number of nitrogens with zero attached hydrogens (tertiary/aromatic N) is 3. The van der Waals surface area contributed by atoms with E-state index < -0.39 is 0 Å². The molecule has 3 N–H and O–H groups in total. The predicted molar refractivity (Wildman–Crippen MR) is 143 cm³/mol. The van der Waals surface area contributed by atoms with Crippen molar-refractivity contribution in [1.82, 2.24) is 25.1 Å². The summed E-state index contributed by atoms with van der Waals surface area (Å²) in [7, 11) is 0. The molecule has 0 aliphatic heterocycles. The third-order valence-electron chi connectivity index (χ3n) is 6.58. The molecule has 0 atom stereocenters. The number of hydrogen-bond donors (Lipinski definition) is 3. The molecule has 0 spiro atoms. The molecule has 0 amide bonds. The number of anilines is 1. The maximum Gasteiger partial charge on any atom is 0.181 e. The van der Waals surface area contributed by atoms with E-state index in [4.69, 9.17) is 0 Å². The van der Waals surface area contributed by atoms with E-state index in [1.807, 2.05) is 18.6 Å². The van der Waals surface area contributed by atoms with E-state index in [1.54, 1.807) is 11.3 Å². The van der Waals surface area contributed by atoms with E-state index in [2.05, 4.69) is 91.0 Å². The average Bonchev–Trinajstić information content (AvgIpc) is 3.26. The molecule has 0 radical (unpaired) electrons. The van der Waals surface area contributed by atoms with Crippen LogP contribution in [-0.2, 0) is 0 Å². The summed E-state index contributed by atoms with van der Waals surface area (Å²) in [6.07, 6.45) is 7.98. The van der Waals surface area contributed by atoms with Crippen LogP contribution in [0.4, 0.5) is 5.69 Å². The Morgan fingerprint density at radius 1 is 1.00 bits per heavy atom. The van der Waals surface area contributed by atoms with Crippen LogP contribution in [0, 0.1) is 5.92 Å². The summed E-state index contributed by atoms with van der Waals surface area (Å²) in [6.45, 7) is 4.17. The molecule has 35 heavy (non-hydrogen) atoms. The predicted octanol–water partition coefficient (Wildman–Crippen LogP) is 7.23. The van der Waals surface area contributed by atoms with E-state index in [9.17, 15) is 0 Å². The number of benzene rings is 1. The SMILES string of the molecule is C=C(Nc1cncc(-c2cnc3n[nH]c(-c4cc5c(-c6cccs6)cccc5[nH]4)c3c2)c1)C1CC1. The minimum atomic E-state index is 0.585. The largest absolute Gasteiger partial charge is 0.358 e. The molecule has 6 nitrogen and oxygen atoms in total. The first kappa shape index (κ1) is 20.2. The molecule has 1 aliphatic carbocycles. The summed E-state index contributed by atoms with van der Waals surface area (Å²) in [5.74, 6) is 0.585. The Balaban J connectivity index is 1.29. The third kappa shape index (κ3) is 3.61. The highest BCUT2D eigenvalue weighted by Crippen LogP contribution is 2.37. The lowest BCUT2D eigenvalue weighted by Crippen LogP contribution is -2.00. The number of thiophene rings is 1. The van der Waals surface area contributed by atoms with Crippen molar-refractivity contribution in [3.05, 3.63) is 84.8 Å². The number of rotatable bonds is 6. The van der Waals surface area contributed by atoms with Gasteiger partial charge in [-0.25, -0.2) is 4.98 Å². The lowest BCUT2D eigenvalue weighted by atomic mass is 10.1. The van der Waals surface area contributed by atoms with Crippen LogP contribution in [0.25, 0.3) is 54.9 Å². The number of fused-ring (bicyclic) bond motifs is 2. The lowest BCUT2D eigenvalue weighted by molar-refractivity contribution is 1.02. The summed E-state index contributed by atoms with van der Waals surface area (Å²) in [5, 5.41) is 15.3. The molecule has 1 saturated carbocycles. The summed E-state index contributed by atoms with van der Waals surface area (Å²) in [5.41, 5.74) is 8.92. The Bertz CT molecular complexity index is 1700. The topological polar surface area (TPSA) is 82.3 Å². The fraction of sp³-hybridized carbons (Fsp3) is 0.107. The van der Waals surface area contributed by atoms with E-state index in [-0.39, 0.29) is 0 Å². The molecule has 0 saturated heterocycles. The molecule has 5 heterocycles. The van der Waals surface area contributed by atoms with E-state index >= 15 is 0 Å². The van der Waals surface area contributed by atoms with Crippen molar-refractivity contribution in [2.24, 2.45) is 5.92 Å². The Kier molecular flexibility index (Phi) is 4.57. The Hall–Kier alpha value is -4.23. The van der Waals surface area contributed by atoms with Crippen molar-refractivity contribution in [2.75, 3.05) is 5.32 Å². The van der Waals surface area contributed by atoms with Gasteiger partial charge in [0, 0.05) is 55.9 Å². The third-order valence-corrected chi connectivity index (χ3v) is 7.48. The van der Waals surface area contributed by atoms with Gasteiger partial charge in [0.05, 0.1) is 23.3 Å². The molecule has 6 aromatic rings. The number of aromatic amines is 2. The first-order valence-electron chi connectivity index (χ1n) is 11.6. The zero-order valence-corrected chi connectivity index (χ0v) is 19.7. The van der Waals surface area contributed by atoms with Gasteiger partial charge in [0.2, 0.25) is 0 Å². The Morgan fingerprint density at radius 2 is 1.91 bits per heavy atom. The van der Waals surface area contributed by atoms with E-state index in [0.29, 0.717) is 11.6 Å². The van der Waals surface area contributed by atoms with E-state index in [0.717, 1.165) is 44.8 Å². The summed E-state index contributed by atoms with van der Waals surface area (Å²) in [4.78, 5) is 13.9. The van der Waals surface area contributed by atoms with Gasteiger partial charge in [0.15, 0.2) is 5.65 Å². The van der Waals surface area contributed by atoms with E-state index in [1.165, 1.54) is 28.7 Å². The smallest absolute Gasteiger partial charge is 0.181 e. The van der Waals surface area contributed by atoms with Gasteiger partial charge in [0.25, 0.3) is 0 Å². The standard InChI is InChI=1S/C28H22N6S/c1-16(17-7-8-17)31-20-10-18(13-29-15-20)19-11-23-27(33-34-28(23)30-14-19)25-12-22-21(26-6-3-9-35-26)4-2-5-24(22)32-25/h2-6,9-15,17,31-32H,1,7-8H2,(H,30,33,34). The maximum atomic E-state index is 4.62. The van der Waals surface area contributed by atoms with Crippen molar-refractivity contribution in [1.29, 1.82) is 0 Å². The zero-order valence-electron chi connectivity index (χ0n) is 18.9. The second-order valence-corrected chi connectivity index (χ2v) is 9.96. The molecular weight excluding hydrogens is 452 g/mol. The Labute approximate surface area is 205 Å². The number of pyridine rings is 2. The van der Waals surface area contributed by atoms with Crippen molar-refractivity contribution in [2.45, 2.75) is 12.8 Å². The van der Waals surface area contributed by atoms with Crippen molar-refractivity contribution in [3.63, 3.8) is 0 Å². The van der Waals surface area contributed by atoms with Crippen LogP contribution in [-0.4, -0.2) is 25.1 Å². The van der Waals surface area contributed by atoms with Crippen LogP contribution in [0.2, 0.25) is 0 Å². The van der Waals surface area contributed by atoms with Crippen molar-refractivity contribution >= 4 is 39.0 Å². The molecule has 5 aromatic heterocycles. The molecule has 7 heteroatoms. The highest BCUT2D eigenvalue weighted by atomic mass is 32.1. The molecule has 1 fully saturated rings. The van der Waals surface area contributed by atoms with Crippen LogP contribution < -0.4 is 5.32 Å². The van der Waals surface area contributed by atoms with Gasteiger partial charge < -0.3 is 10.3 Å².